The van der Waals surface area contributed by atoms with Gasteiger partial charge in [-0.1, -0.05) is 152 Å². The second-order valence-corrected chi connectivity index (χ2v) is 16.7. The zero-order chi connectivity index (χ0) is 40.5. The summed E-state index contributed by atoms with van der Waals surface area (Å²) in [6, 6.07) is 77.5. The molecule has 0 bridgehead atoms. The maximum absolute atomic E-state index is 6.64. The highest BCUT2D eigenvalue weighted by Gasteiger charge is 2.51. The lowest BCUT2D eigenvalue weighted by molar-refractivity contribution is 0.668. The van der Waals surface area contributed by atoms with Crippen molar-refractivity contribution in [3.05, 3.63) is 235 Å². The summed E-state index contributed by atoms with van der Waals surface area (Å²) < 4.78 is 13.0. The summed E-state index contributed by atoms with van der Waals surface area (Å²) in [5.74, 6) is 0. The van der Waals surface area contributed by atoms with Crippen LogP contribution in [-0.4, -0.2) is 0 Å². The number of hydrogen-bond donors (Lipinski definition) is 0. The molecule has 0 saturated heterocycles. The van der Waals surface area contributed by atoms with Crippen molar-refractivity contribution in [2.24, 2.45) is 0 Å². The molecule has 0 radical (unpaired) electrons. The third kappa shape index (κ3) is 4.44. The van der Waals surface area contributed by atoms with Crippen molar-refractivity contribution < 1.29 is 8.83 Å². The highest BCUT2D eigenvalue weighted by molar-refractivity contribution is 6.17. The molecular weight excluding hydrogens is 755 g/mol. The number of benzene rings is 10. The molecule has 12 aromatic rings. The molecule has 2 aromatic heterocycles. The minimum Gasteiger partial charge on any atom is -0.456 e. The Kier molecular flexibility index (Phi) is 6.76. The summed E-state index contributed by atoms with van der Waals surface area (Å²) in [6.45, 7) is 0. The zero-order valence-corrected chi connectivity index (χ0v) is 33.5. The molecule has 0 unspecified atom stereocenters. The van der Waals surface area contributed by atoms with Gasteiger partial charge in [-0.25, -0.2) is 0 Å². The third-order valence-corrected chi connectivity index (χ3v) is 13.7. The summed E-state index contributed by atoms with van der Waals surface area (Å²) in [6.07, 6.45) is 0. The Balaban J connectivity index is 1.06. The lowest BCUT2D eigenvalue weighted by atomic mass is 9.70. The second-order valence-electron chi connectivity index (χ2n) is 16.7. The first kappa shape index (κ1) is 33.7. The topological polar surface area (TPSA) is 29.5 Å². The van der Waals surface area contributed by atoms with Crippen molar-refractivity contribution in [3.8, 4) is 33.4 Å². The molecule has 14 rings (SSSR count). The average molecular weight is 790 g/mol. The molecule has 0 fully saturated rings. The molecule has 3 nitrogen and oxygen atoms in total. The molecule has 2 heterocycles. The first-order chi connectivity index (χ1) is 30.7. The molecule has 288 valence electrons. The van der Waals surface area contributed by atoms with Crippen LogP contribution in [0.2, 0.25) is 0 Å². The Labute approximate surface area is 357 Å². The highest BCUT2D eigenvalue weighted by atomic mass is 16.3. The summed E-state index contributed by atoms with van der Waals surface area (Å²) in [4.78, 5) is 2.46. The molecule has 3 heteroatoms. The monoisotopic (exact) mass is 789 g/mol. The Morgan fingerprint density at radius 3 is 1.60 bits per heavy atom. The van der Waals surface area contributed by atoms with E-state index in [1.165, 1.54) is 55.3 Å². The van der Waals surface area contributed by atoms with Crippen LogP contribution in [0, 0.1) is 0 Å². The molecule has 0 aliphatic heterocycles. The van der Waals surface area contributed by atoms with Gasteiger partial charge in [-0.15, -0.1) is 0 Å². The van der Waals surface area contributed by atoms with Gasteiger partial charge in [-0.2, -0.15) is 0 Å². The van der Waals surface area contributed by atoms with Crippen LogP contribution in [0.1, 0.15) is 22.3 Å². The fourth-order valence-corrected chi connectivity index (χ4v) is 11.1. The van der Waals surface area contributed by atoms with E-state index in [1.807, 2.05) is 6.07 Å². The maximum Gasteiger partial charge on any atom is 0.136 e. The molecule has 2 aliphatic carbocycles. The van der Waals surface area contributed by atoms with Crippen LogP contribution in [0.15, 0.2) is 221 Å². The Bertz CT molecular complexity index is 3780. The number of hydrogen-bond acceptors (Lipinski definition) is 3. The van der Waals surface area contributed by atoms with E-state index in [-0.39, 0.29) is 0 Å². The van der Waals surface area contributed by atoms with E-state index < -0.39 is 5.41 Å². The quantitative estimate of drug-likeness (QED) is 0.178. The number of fused-ring (bicyclic) bond motifs is 17. The molecule has 0 atom stereocenters. The van der Waals surface area contributed by atoms with Gasteiger partial charge in [0.05, 0.1) is 11.1 Å². The normalized spacial score (nSPS) is 13.3. The minimum absolute atomic E-state index is 0.477. The van der Waals surface area contributed by atoms with Crippen molar-refractivity contribution in [1.82, 2.24) is 0 Å². The van der Waals surface area contributed by atoms with Crippen LogP contribution in [0.25, 0.3) is 88.0 Å². The van der Waals surface area contributed by atoms with Crippen LogP contribution < -0.4 is 4.90 Å². The number of anilines is 3. The SMILES string of the molecule is c1ccc(N(c2ccc3c(c2)C2(c4ccccc4-c4ccccc42)c2ccccc2-3)c2ccc3oc4ccccc4c3c2)c(-c2cccc3oc4cc5ccccc5cc4c23)c1. The Hall–Kier alpha value is -8.14. The largest absolute Gasteiger partial charge is 0.456 e. The smallest absolute Gasteiger partial charge is 0.136 e. The van der Waals surface area contributed by atoms with E-state index in [2.05, 4.69) is 211 Å². The predicted octanol–water partition coefficient (Wildman–Crippen LogP) is 16.1. The highest BCUT2D eigenvalue weighted by Crippen LogP contribution is 2.63. The van der Waals surface area contributed by atoms with E-state index in [4.69, 9.17) is 8.83 Å². The van der Waals surface area contributed by atoms with Crippen LogP contribution in [0.5, 0.6) is 0 Å². The van der Waals surface area contributed by atoms with E-state index >= 15 is 0 Å². The Morgan fingerprint density at radius 2 is 0.839 bits per heavy atom. The fourth-order valence-electron chi connectivity index (χ4n) is 11.1. The molecule has 10 aromatic carbocycles. The van der Waals surface area contributed by atoms with Gasteiger partial charge < -0.3 is 13.7 Å². The first-order valence-corrected chi connectivity index (χ1v) is 21.3. The van der Waals surface area contributed by atoms with Gasteiger partial charge in [0, 0.05) is 38.5 Å². The van der Waals surface area contributed by atoms with Crippen molar-refractivity contribution >= 4 is 71.7 Å². The van der Waals surface area contributed by atoms with E-state index in [0.717, 1.165) is 72.1 Å². The van der Waals surface area contributed by atoms with Crippen LogP contribution >= 0.6 is 0 Å². The van der Waals surface area contributed by atoms with Gasteiger partial charge in [-0.05, 0) is 122 Å². The molecule has 62 heavy (non-hydrogen) atoms. The molecule has 0 N–H and O–H groups in total. The van der Waals surface area contributed by atoms with Gasteiger partial charge in [0.15, 0.2) is 0 Å². The van der Waals surface area contributed by atoms with Crippen LogP contribution in [0.4, 0.5) is 17.1 Å². The molecule has 0 saturated carbocycles. The minimum atomic E-state index is -0.477. The zero-order valence-electron chi connectivity index (χ0n) is 33.5. The summed E-state index contributed by atoms with van der Waals surface area (Å²) in [7, 11) is 0. The Morgan fingerprint density at radius 1 is 0.306 bits per heavy atom. The first-order valence-electron chi connectivity index (χ1n) is 21.3. The average Bonchev–Trinajstić information content (AvgIpc) is 4.06. The van der Waals surface area contributed by atoms with Gasteiger partial charge in [0.25, 0.3) is 0 Å². The molecule has 0 amide bonds. The number of para-hydroxylation sites is 2. The standard InChI is InChI=1S/C59H35NO2/c1-2-15-37-33-57-48(32-36(37)14-1)58-46(21-13-27-56(58)62-57)44-19-6-11-25-53(44)60(38-29-31-55-47(34-38)45-20-7-12-26-54(45)61-55)39-28-30-43-42-18-5-10-24-51(42)59(52(43)35-39)49-22-8-3-16-40(49)41-17-4-9-23-50(41)59/h1-35H. The lowest BCUT2D eigenvalue weighted by Gasteiger charge is -2.32. The van der Waals surface area contributed by atoms with E-state index in [9.17, 15) is 0 Å². The van der Waals surface area contributed by atoms with E-state index in [0.29, 0.717) is 0 Å². The van der Waals surface area contributed by atoms with Crippen LogP contribution in [0.3, 0.4) is 0 Å². The summed E-state index contributed by atoms with van der Waals surface area (Å²) in [5.41, 5.74) is 18.9. The lowest BCUT2D eigenvalue weighted by Crippen LogP contribution is -2.26. The second kappa shape index (κ2) is 12.4. The van der Waals surface area contributed by atoms with Gasteiger partial charge in [0.2, 0.25) is 0 Å². The maximum atomic E-state index is 6.64. The van der Waals surface area contributed by atoms with Crippen LogP contribution in [-0.2, 0) is 5.41 Å². The number of nitrogens with zero attached hydrogens (tertiary/aromatic N) is 1. The third-order valence-electron chi connectivity index (χ3n) is 13.7. The van der Waals surface area contributed by atoms with Gasteiger partial charge in [0.1, 0.15) is 22.3 Å². The molecule has 2 aliphatic rings. The summed E-state index contributed by atoms with van der Waals surface area (Å²) in [5, 5.41) is 6.76. The van der Waals surface area contributed by atoms with Gasteiger partial charge >= 0.3 is 0 Å². The summed E-state index contributed by atoms with van der Waals surface area (Å²) >= 11 is 0. The van der Waals surface area contributed by atoms with Crippen molar-refractivity contribution in [3.63, 3.8) is 0 Å². The van der Waals surface area contributed by atoms with Crippen molar-refractivity contribution in [2.75, 3.05) is 4.90 Å². The van der Waals surface area contributed by atoms with E-state index in [1.54, 1.807) is 0 Å². The fraction of sp³-hybridized carbons (Fsp3) is 0.0169. The van der Waals surface area contributed by atoms with Crippen molar-refractivity contribution in [1.29, 1.82) is 0 Å². The number of furan rings is 2. The predicted molar refractivity (Wildman–Crippen MR) is 255 cm³/mol. The molecule has 1 spiro atoms. The van der Waals surface area contributed by atoms with Crippen molar-refractivity contribution in [2.45, 2.75) is 5.41 Å². The number of rotatable bonds is 4. The van der Waals surface area contributed by atoms with Gasteiger partial charge in [-0.3, -0.25) is 0 Å². The molecular formula is C59H35NO2.